The fourth-order valence-corrected chi connectivity index (χ4v) is 4.37. The first-order chi connectivity index (χ1) is 14.5. The predicted octanol–water partition coefficient (Wildman–Crippen LogP) is -0.0259. The van der Waals surface area contributed by atoms with Gasteiger partial charge in [-0.25, -0.2) is 0 Å². The Labute approximate surface area is 179 Å². The van der Waals surface area contributed by atoms with Crippen LogP contribution in [0.1, 0.15) is 22.3 Å². The van der Waals surface area contributed by atoms with Crippen LogP contribution in [0.25, 0.3) is 0 Å². The van der Waals surface area contributed by atoms with Crippen LogP contribution in [0.15, 0.2) is 36.4 Å². The molecule has 0 unspecified atom stereocenters. The van der Waals surface area contributed by atoms with Crippen molar-refractivity contribution in [2.45, 2.75) is 26.9 Å². The van der Waals surface area contributed by atoms with Gasteiger partial charge in [-0.05, 0) is 43.2 Å². The molecule has 0 aliphatic carbocycles. The van der Waals surface area contributed by atoms with Gasteiger partial charge in [-0.3, -0.25) is 4.79 Å². The summed E-state index contributed by atoms with van der Waals surface area (Å²) < 4.78 is 10.9. The Morgan fingerprint density at radius 3 is 2.47 bits per heavy atom. The highest BCUT2D eigenvalue weighted by Gasteiger charge is 2.26. The third kappa shape index (κ3) is 4.94. The Balaban J connectivity index is 1.23. The zero-order valence-corrected chi connectivity index (χ0v) is 18.3. The molecular formula is C24H33N3O3+2. The molecule has 4 rings (SSSR count). The van der Waals surface area contributed by atoms with E-state index in [1.165, 1.54) is 27.2 Å². The van der Waals surface area contributed by atoms with Crippen LogP contribution in [0.4, 0.5) is 0 Å². The average molecular weight is 412 g/mol. The molecule has 6 nitrogen and oxygen atoms in total. The number of quaternary nitrogens is 2. The molecule has 2 aromatic rings. The number of likely N-dealkylation sites (N-methyl/N-ethyl adjacent to an activating group) is 1. The molecule has 0 spiro atoms. The number of rotatable bonds is 6. The normalized spacial score (nSPS) is 20.2. The van der Waals surface area contributed by atoms with E-state index in [1.807, 2.05) is 18.0 Å². The zero-order chi connectivity index (χ0) is 21.1. The SMILES string of the molecule is Cc1ccc(CN(C)C(=O)C[NH+]2CC[NH+](Cc3ccc4c(c3)OCO4)CC2)c(C)c1. The van der Waals surface area contributed by atoms with Gasteiger partial charge < -0.3 is 24.2 Å². The number of nitrogens with one attached hydrogen (secondary N) is 2. The summed E-state index contributed by atoms with van der Waals surface area (Å²) in [5, 5.41) is 0. The minimum atomic E-state index is 0.226. The van der Waals surface area contributed by atoms with Crippen LogP contribution in [-0.2, 0) is 17.9 Å². The number of nitrogens with zero attached hydrogens (tertiary/aromatic N) is 1. The van der Waals surface area contributed by atoms with Gasteiger partial charge in [0.1, 0.15) is 32.7 Å². The van der Waals surface area contributed by atoms with Crippen LogP contribution in [0.2, 0.25) is 0 Å². The summed E-state index contributed by atoms with van der Waals surface area (Å²) >= 11 is 0. The monoisotopic (exact) mass is 411 g/mol. The fraction of sp³-hybridized carbons (Fsp3) is 0.458. The third-order valence-electron chi connectivity index (χ3n) is 6.29. The molecule has 2 aliphatic rings. The number of piperazine rings is 1. The molecule has 30 heavy (non-hydrogen) atoms. The summed E-state index contributed by atoms with van der Waals surface area (Å²) in [5.41, 5.74) is 5.02. The first kappa shape index (κ1) is 20.7. The molecule has 160 valence electrons. The number of amides is 1. The zero-order valence-electron chi connectivity index (χ0n) is 18.3. The van der Waals surface area contributed by atoms with Crippen molar-refractivity contribution in [2.75, 3.05) is 46.6 Å². The average Bonchev–Trinajstić information content (AvgIpc) is 3.19. The van der Waals surface area contributed by atoms with Crippen LogP contribution >= 0.6 is 0 Å². The van der Waals surface area contributed by atoms with Crippen molar-refractivity contribution < 1.29 is 24.1 Å². The Bertz CT molecular complexity index is 907. The lowest BCUT2D eigenvalue weighted by atomic mass is 10.1. The Hall–Kier alpha value is -2.57. The molecule has 2 aromatic carbocycles. The van der Waals surface area contributed by atoms with Crippen LogP contribution in [0, 0.1) is 13.8 Å². The Morgan fingerprint density at radius 1 is 0.967 bits per heavy atom. The van der Waals surface area contributed by atoms with Crippen molar-refractivity contribution >= 4 is 5.91 Å². The molecule has 2 aliphatic heterocycles. The van der Waals surface area contributed by atoms with E-state index >= 15 is 0 Å². The molecule has 0 radical (unpaired) electrons. The highest BCUT2D eigenvalue weighted by atomic mass is 16.7. The molecule has 0 bridgehead atoms. The molecule has 0 saturated carbocycles. The lowest BCUT2D eigenvalue weighted by Crippen LogP contribution is -3.28. The van der Waals surface area contributed by atoms with Crippen molar-refractivity contribution in [2.24, 2.45) is 0 Å². The molecule has 0 atom stereocenters. The molecule has 0 aromatic heterocycles. The first-order valence-electron chi connectivity index (χ1n) is 10.8. The summed E-state index contributed by atoms with van der Waals surface area (Å²) in [5.74, 6) is 1.92. The number of fused-ring (bicyclic) bond motifs is 1. The van der Waals surface area contributed by atoms with E-state index in [0.29, 0.717) is 19.9 Å². The van der Waals surface area contributed by atoms with Gasteiger partial charge in [-0.1, -0.05) is 23.8 Å². The second-order valence-electron chi connectivity index (χ2n) is 8.72. The molecule has 2 N–H and O–H groups in total. The van der Waals surface area contributed by atoms with E-state index < -0.39 is 0 Å². The largest absolute Gasteiger partial charge is 0.454 e. The highest BCUT2D eigenvalue weighted by molar-refractivity contribution is 5.76. The number of hydrogen-bond acceptors (Lipinski definition) is 3. The van der Waals surface area contributed by atoms with E-state index in [4.69, 9.17) is 9.47 Å². The van der Waals surface area contributed by atoms with Gasteiger partial charge in [0.05, 0.1) is 0 Å². The molecule has 1 saturated heterocycles. The number of carbonyl (C=O) groups is 1. The van der Waals surface area contributed by atoms with Gasteiger partial charge in [-0.15, -0.1) is 0 Å². The number of benzene rings is 2. The first-order valence-corrected chi connectivity index (χ1v) is 10.8. The molecular weight excluding hydrogens is 378 g/mol. The summed E-state index contributed by atoms with van der Waals surface area (Å²) in [7, 11) is 1.92. The standard InChI is InChI=1S/C24H31N3O3/c1-18-4-6-21(19(2)12-18)15-25(3)24(28)16-27-10-8-26(9-11-27)14-20-5-7-22-23(13-20)30-17-29-22/h4-7,12-13H,8-11,14-17H2,1-3H3/p+2. The highest BCUT2D eigenvalue weighted by Crippen LogP contribution is 2.32. The van der Waals surface area contributed by atoms with Crippen molar-refractivity contribution in [3.63, 3.8) is 0 Å². The van der Waals surface area contributed by atoms with E-state index in [1.54, 1.807) is 4.90 Å². The molecule has 1 fully saturated rings. The van der Waals surface area contributed by atoms with Gasteiger partial charge in [0, 0.05) is 19.2 Å². The van der Waals surface area contributed by atoms with Crippen LogP contribution in [-0.4, -0.2) is 57.4 Å². The van der Waals surface area contributed by atoms with Gasteiger partial charge >= 0.3 is 0 Å². The van der Waals surface area contributed by atoms with Gasteiger partial charge in [0.2, 0.25) is 6.79 Å². The smallest absolute Gasteiger partial charge is 0.277 e. The second-order valence-corrected chi connectivity index (χ2v) is 8.72. The molecule has 2 heterocycles. The summed E-state index contributed by atoms with van der Waals surface area (Å²) in [6, 6.07) is 12.7. The second kappa shape index (κ2) is 9.06. The summed E-state index contributed by atoms with van der Waals surface area (Å²) in [4.78, 5) is 17.6. The van der Waals surface area contributed by atoms with E-state index in [9.17, 15) is 4.79 Å². The number of ether oxygens (including phenoxy) is 2. The lowest BCUT2D eigenvalue weighted by Gasteiger charge is -2.30. The van der Waals surface area contributed by atoms with Crippen LogP contribution in [0.5, 0.6) is 11.5 Å². The topological polar surface area (TPSA) is 47.7 Å². The number of aryl methyl sites for hydroxylation is 2. The predicted molar refractivity (Wildman–Crippen MR) is 115 cm³/mol. The molecule has 6 heteroatoms. The van der Waals surface area contributed by atoms with Crippen molar-refractivity contribution in [3.8, 4) is 11.5 Å². The van der Waals surface area contributed by atoms with E-state index in [2.05, 4.69) is 44.2 Å². The van der Waals surface area contributed by atoms with Crippen molar-refractivity contribution in [3.05, 3.63) is 58.7 Å². The fourth-order valence-electron chi connectivity index (χ4n) is 4.37. The molecule has 1 amide bonds. The maximum atomic E-state index is 12.7. The van der Waals surface area contributed by atoms with Crippen LogP contribution in [0.3, 0.4) is 0 Å². The minimum Gasteiger partial charge on any atom is -0.454 e. The number of hydrogen-bond donors (Lipinski definition) is 2. The number of carbonyl (C=O) groups excluding carboxylic acids is 1. The van der Waals surface area contributed by atoms with Crippen LogP contribution < -0.4 is 19.3 Å². The van der Waals surface area contributed by atoms with E-state index in [-0.39, 0.29) is 5.91 Å². The summed E-state index contributed by atoms with van der Waals surface area (Å²) in [6.07, 6.45) is 0. The van der Waals surface area contributed by atoms with E-state index in [0.717, 1.165) is 44.2 Å². The quantitative estimate of drug-likeness (QED) is 0.702. The minimum absolute atomic E-state index is 0.226. The van der Waals surface area contributed by atoms with Crippen molar-refractivity contribution in [1.29, 1.82) is 0 Å². The summed E-state index contributed by atoms with van der Waals surface area (Å²) in [6.45, 7) is 11.0. The Morgan fingerprint density at radius 2 is 1.70 bits per heavy atom. The third-order valence-corrected chi connectivity index (χ3v) is 6.29. The maximum absolute atomic E-state index is 12.7. The maximum Gasteiger partial charge on any atom is 0.277 e. The van der Waals surface area contributed by atoms with Crippen molar-refractivity contribution in [1.82, 2.24) is 4.90 Å². The van der Waals surface area contributed by atoms with Gasteiger partial charge in [0.15, 0.2) is 18.0 Å². The lowest BCUT2D eigenvalue weighted by molar-refractivity contribution is -1.02. The Kier molecular flexibility index (Phi) is 6.25. The van der Waals surface area contributed by atoms with Gasteiger partial charge in [-0.2, -0.15) is 0 Å². The van der Waals surface area contributed by atoms with Gasteiger partial charge in [0.25, 0.3) is 5.91 Å².